The summed E-state index contributed by atoms with van der Waals surface area (Å²) >= 11 is 0. The molecule has 0 aliphatic carbocycles. The van der Waals surface area contributed by atoms with Crippen LogP contribution in [-0.4, -0.2) is 54.3 Å². The van der Waals surface area contributed by atoms with Crippen LogP contribution in [0.25, 0.3) is 0 Å². The molecular formula is C13H27N3O2. The predicted octanol–water partition coefficient (Wildman–Crippen LogP) is 0.687. The summed E-state index contributed by atoms with van der Waals surface area (Å²) in [7, 11) is 1.62. The fraction of sp³-hybridized carbons (Fsp3) is 0.846. The number of amides is 2. The van der Waals surface area contributed by atoms with E-state index in [4.69, 9.17) is 5.73 Å². The van der Waals surface area contributed by atoms with Crippen LogP contribution in [0.4, 0.5) is 0 Å². The molecule has 5 heteroatoms. The van der Waals surface area contributed by atoms with Crippen LogP contribution >= 0.6 is 0 Å². The third-order valence-corrected chi connectivity index (χ3v) is 3.06. The van der Waals surface area contributed by atoms with Crippen LogP contribution in [0.5, 0.6) is 0 Å². The Kier molecular flexibility index (Phi) is 6.32. The Morgan fingerprint density at radius 1 is 1.17 bits per heavy atom. The Bertz CT molecular complexity index is 293. The standard InChI is InChI=1S/C13H27N3O2/c1-7-16(8-2)10(17)9-15(6)12(18)11(14)13(3,4)5/h11H,7-9,14H2,1-6H3/t11-/m1/s1. The first-order chi connectivity index (χ1) is 8.15. The lowest BCUT2D eigenvalue weighted by Gasteiger charge is -2.30. The van der Waals surface area contributed by atoms with E-state index < -0.39 is 6.04 Å². The highest BCUT2D eigenvalue weighted by Crippen LogP contribution is 2.18. The molecule has 1 atom stereocenters. The minimum atomic E-state index is -0.591. The number of rotatable bonds is 5. The van der Waals surface area contributed by atoms with E-state index in [0.717, 1.165) is 0 Å². The van der Waals surface area contributed by atoms with Crippen molar-refractivity contribution in [1.82, 2.24) is 9.80 Å². The molecule has 5 nitrogen and oxygen atoms in total. The number of carbonyl (C=O) groups is 2. The fourth-order valence-electron chi connectivity index (χ4n) is 1.56. The summed E-state index contributed by atoms with van der Waals surface area (Å²) in [6.07, 6.45) is 0. The van der Waals surface area contributed by atoms with Gasteiger partial charge in [0, 0.05) is 20.1 Å². The van der Waals surface area contributed by atoms with Gasteiger partial charge in [-0.1, -0.05) is 20.8 Å². The molecule has 106 valence electrons. The summed E-state index contributed by atoms with van der Waals surface area (Å²) in [4.78, 5) is 27.1. The topological polar surface area (TPSA) is 66.6 Å². The Balaban J connectivity index is 4.54. The molecule has 0 bridgehead atoms. The molecule has 2 amide bonds. The van der Waals surface area contributed by atoms with E-state index in [1.807, 2.05) is 34.6 Å². The summed E-state index contributed by atoms with van der Waals surface area (Å²) in [5.74, 6) is -0.236. The number of hydrogen-bond acceptors (Lipinski definition) is 3. The van der Waals surface area contributed by atoms with E-state index in [1.54, 1.807) is 11.9 Å². The minimum Gasteiger partial charge on any atom is -0.342 e. The van der Waals surface area contributed by atoms with Crippen molar-refractivity contribution in [3.8, 4) is 0 Å². The van der Waals surface area contributed by atoms with Crippen molar-refractivity contribution in [3.05, 3.63) is 0 Å². The van der Waals surface area contributed by atoms with Gasteiger partial charge in [-0.05, 0) is 19.3 Å². The summed E-state index contributed by atoms with van der Waals surface area (Å²) < 4.78 is 0. The number of likely N-dealkylation sites (N-methyl/N-ethyl adjacent to an activating group) is 2. The van der Waals surface area contributed by atoms with Crippen LogP contribution in [0.1, 0.15) is 34.6 Å². The van der Waals surface area contributed by atoms with Gasteiger partial charge in [0.15, 0.2) is 0 Å². The molecule has 0 unspecified atom stereocenters. The Labute approximate surface area is 110 Å². The maximum Gasteiger partial charge on any atom is 0.242 e. The van der Waals surface area contributed by atoms with Crippen molar-refractivity contribution < 1.29 is 9.59 Å². The molecule has 0 heterocycles. The first-order valence-electron chi connectivity index (χ1n) is 6.43. The van der Waals surface area contributed by atoms with E-state index in [1.165, 1.54) is 4.90 Å². The lowest BCUT2D eigenvalue weighted by molar-refractivity contribution is -0.141. The largest absolute Gasteiger partial charge is 0.342 e. The molecule has 0 aliphatic heterocycles. The number of nitrogens with two attached hydrogens (primary N) is 1. The fourth-order valence-corrected chi connectivity index (χ4v) is 1.56. The second-order valence-electron chi connectivity index (χ2n) is 5.60. The third kappa shape index (κ3) is 4.64. The van der Waals surface area contributed by atoms with Crippen LogP contribution < -0.4 is 5.73 Å². The average Bonchev–Trinajstić information content (AvgIpc) is 2.27. The quantitative estimate of drug-likeness (QED) is 0.788. The summed E-state index contributed by atoms with van der Waals surface area (Å²) in [6.45, 7) is 11.0. The second-order valence-corrected chi connectivity index (χ2v) is 5.60. The van der Waals surface area contributed by atoms with Gasteiger partial charge in [-0.15, -0.1) is 0 Å². The van der Waals surface area contributed by atoms with E-state index >= 15 is 0 Å². The van der Waals surface area contributed by atoms with Gasteiger partial charge < -0.3 is 15.5 Å². The van der Waals surface area contributed by atoms with Crippen LogP contribution in [0.2, 0.25) is 0 Å². The smallest absolute Gasteiger partial charge is 0.242 e. The molecule has 0 aliphatic rings. The van der Waals surface area contributed by atoms with Gasteiger partial charge in [0.1, 0.15) is 0 Å². The van der Waals surface area contributed by atoms with Gasteiger partial charge in [-0.2, -0.15) is 0 Å². The first-order valence-corrected chi connectivity index (χ1v) is 6.43. The zero-order valence-corrected chi connectivity index (χ0v) is 12.5. The predicted molar refractivity (Wildman–Crippen MR) is 73.0 cm³/mol. The van der Waals surface area contributed by atoms with Crippen LogP contribution in [0.15, 0.2) is 0 Å². The molecule has 0 aromatic carbocycles. The molecule has 18 heavy (non-hydrogen) atoms. The van der Waals surface area contributed by atoms with Crippen LogP contribution in [-0.2, 0) is 9.59 Å². The molecule has 0 saturated heterocycles. The molecule has 0 radical (unpaired) electrons. The zero-order valence-electron chi connectivity index (χ0n) is 12.5. The highest BCUT2D eigenvalue weighted by atomic mass is 16.2. The van der Waals surface area contributed by atoms with E-state index in [9.17, 15) is 9.59 Å². The lowest BCUT2D eigenvalue weighted by Crippen LogP contribution is -2.51. The molecule has 0 aromatic rings. The van der Waals surface area contributed by atoms with Crippen LogP contribution in [0, 0.1) is 5.41 Å². The van der Waals surface area contributed by atoms with Gasteiger partial charge in [0.05, 0.1) is 12.6 Å². The zero-order chi connectivity index (χ0) is 14.5. The Morgan fingerprint density at radius 3 is 1.94 bits per heavy atom. The number of nitrogens with zero attached hydrogens (tertiary/aromatic N) is 2. The summed E-state index contributed by atoms with van der Waals surface area (Å²) in [5, 5.41) is 0. The van der Waals surface area contributed by atoms with Crippen molar-refractivity contribution in [1.29, 1.82) is 0 Å². The highest BCUT2D eigenvalue weighted by Gasteiger charge is 2.30. The van der Waals surface area contributed by atoms with Crippen molar-refractivity contribution >= 4 is 11.8 Å². The molecule has 0 aromatic heterocycles. The van der Waals surface area contributed by atoms with Crippen molar-refractivity contribution in [2.75, 3.05) is 26.7 Å². The van der Waals surface area contributed by atoms with Crippen molar-refractivity contribution in [2.24, 2.45) is 11.1 Å². The normalized spacial score (nSPS) is 13.1. The lowest BCUT2D eigenvalue weighted by atomic mass is 9.86. The van der Waals surface area contributed by atoms with Gasteiger partial charge in [-0.3, -0.25) is 9.59 Å². The molecule has 0 spiro atoms. The van der Waals surface area contributed by atoms with Crippen molar-refractivity contribution in [2.45, 2.75) is 40.7 Å². The number of carbonyl (C=O) groups excluding carboxylic acids is 2. The summed E-state index contributed by atoms with van der Waals surface area (Å²) in [5.41, 5.74) is 5.59. The number of hydrogen-bond donors (Lipinski definition) is 1. The monoisotopic (exact) mass is 257 g/mol. The molecular weight excluding hydrogens is 230 g/mol. The van der Waals surface area contributed by atoms with Gasteiger partial charge in [0.2, 0.25) is 11.8 Å². The molecule has 2 N–H and O–H groups in total. The highest BCUT2D eigenvalue weighted by molar-refractivity contribution is 5.87. The van der Waals surface area contributed by atoms with E-state index in [2.05, 4.69) is 0 Å². The Morgan fingerprint density at radius 2 is 1.61 bits per heavy atom. The molecule has 0 rings (SSSR count). The van der Waals surface area contributed by atoms with Crippen LogP contribution in [0.3, 0.4) is 0 Å². The first kappa shape index (κ1) is 16.9. The SMILES string of the molecule is CCN(CC)C(=O)CN(C)C(=O)[C@@H](N)C(C)(C)C. The Hall–Kier alpha value is -1.10. The van der Waals surface area contributed by atoms with E-state index in [-0.39, 0.29) is 23.8 Å². The third-order valence-electron chi connectivity index (χ3n) is 3.06. The van der Waals surface area contributed by atoms with Gasteiger partial charge in [-0.25, -0.2) is 0 Å². The molecule has 0 saturated carbocycles. The van der Waals surface area contributed by atoms with Crippen molar-refractivity contribution in [3.63, 3.8) is 0 Å². The van der Waals surface area contributed by atoms with E-state index in [0.29, 0.717) is 13.1 Å². The van der Waals surface area contributed by atoms with Gasteiger partial charge in [0.25, 0.3) is 0 Å². The maximum atomic E-state index is 12.1. The average molecular weight is 257 g/mol. The minimum absolute atomic E-state index is 0.0445. The summed E-state index contributed by atoms with van der Waals surface area (Å²) in [6, 6.07) is -0.591. The van der Waals surface area contributed by atoms with Gasteiger partial charge >= 0.3 is 0 Å². The second kappa shape index (κ2) is 6.73. The maximum absolute atomic E-state index is 12.1. The molecule has 0 fully saturated rings.